The van der Waals surface area contributed by atoms with E-state index < -0.39 is 0 Å². The van der Waals surface area contributed by atoms with Crippen molar-refractivity contribution in [1.82, 2.24) is 10.3 Å². The summed E-state index contributed by atoms with van der Waals surface area (Å²) in [5.74, 6) is 0. The normalized spacial score (nSPS) is 22.3. The molecule has 0 saturated carbocycles. The Balaban J connectivity index is 1.26. The van der Waals surface area contributed by atoms with Crippen LogP contribution in [0.2, 0.25) is 0 Å². The van der Waals surface area contributed by atoms with Gasteiger partial charge in [0.1, 0.15) is 0 Å². The van der Waals surface area contributed by atoms with Gasteiger partial charge in [0.25, 0.3) is 0 Å². The molecule has 5 heteroatoms. The number of nitrogens with zero attached hydrogens (tertiary/aromatic N) is 3. The molecule has 1 aromatic heterocycles. The maximum Gasteiger partial charge on any atom is 0.185 e. The molecule has 2 aliphatic rings. The maximum absolute atomic E-state index is 4.62. The molecule has 2 fully saturated rings. The van der Waals surface area contributed by atoms with Crippen LogP contribution in [0, 0.1) is 6.92 Å². The first-order chi connectivity index (χ1) is 11.8. The largest absolute Gasteiger partial charge is 0.370 e. The molecule has 2 saturated heterocycles. The maximum atomic E-state index is 4.62. The molecule has 0 spiro atoms. The van der Waals surface area contributed by atoms with Gasteiger partial charge in [-0.2, -0.15) is 0 Å². The van der Waals surface area contributed by atoms with Gasteiger partial charge in [-0.3, -0.25) is 0 Å². The Morgan fingerprint density at radius 1 is 1.00 bits per heavy atom. The van der Waals surface area contributed by atoms with Gasteiger partial charge in [0.15, 0.2) is 5.13 Å². The minimum atomic E-state index is 0.629. The fourth-order valence-electron chi connectivity index (χ4n) is 3.83. The molecular weight excluding hydrogens is 316 g/mol. The topological polar surface area (TPSA) is 31.4 Å². The zero-order valence-corrected chi connectivity index (χ0v) is 15.1. The SMILES string of the molecule is Cc1csc(N2CCC(N[C@@H]3CCN(c4ccccc4)C3)CC2)n1. The number of nitrogens with one attached hydrogen (secondary N) is 1. The lowest BCUT2D eigenvalue weighted by atomic mass is 10.0. The van der Waals surface area contributed by atoms with Crippen molar-refractivity contribution in [3.63, 3.8) is 0 Å². The third kappa shape index (κ3) is 3.57. The van der Waals surface area contributed by atoms with E-state index in [4.69, 9.17) is 0 Å². The van der Waals surface area contributed by atoms with Crippen LogP contribution in [0.5, 0.6) is 0 Å². The summed E-state index contributed by atoms with van der Waals surface area (Å²) >= 11 is 1.78. The number of anilines is 2. The third-order valence-corrected chi connectivity index (χ3v) is 6.17. The summed E-state index contributed by atoms with van der Waals surface area (Å²) in [6, 6.07) is 12.1. The van der Waals surface area contributed by atoms with Crippen molar-refractivity contribution in [3.8, 4) is 0 Å². The van der Waals surface area contributed by atoms with Gasteiger partial charge in [-0.05, 0) is 38.3 Å². The van der Waals surface area contributed by atoms with E-state index in [0.29, 0.717) is 12.1 Å². The first-order valence-corrected chi connectivity index (χ1v) is 9.89. The number of aryl methyl sites for hydroxylation is 1. The Morgan fingerprint density at radius 2 is 1.71 bits per heavy atom. The second kappa shape index (κ2) is 7.11. The molecule has 1 aromatic carbocycles. The van der Waals surface area contributed by atoms with E-state index in [1.165, 1.54) is 36.6 Å². The number of rotatable bonds is 4. The zero-order valence-electron chi connectivity index (χ0n) is 14.3. The molecule has 4 nitrogen and oxygen atoms in total. The van der Waals surface area contributed by atoms with Crippen LogP contribution in [-0.4, -0.2) is 43.2 Å². The highest BCUT2D eigenvalue weighted by Gasteiger charge is 2.27. The summed E-state index contributed by atoms with van der Waals surface area (Å²) in [7, 11) is 0. The van der Waals surface area contributed by atoms with Gasteiger partial charge in [0.2, 0.25) is 0 Å². The summed E-state index contributed by atoms with van der Waals surface area (Å²) in [4.78, 5) is 9.57. The number of aromatic nitrogens is 1. The lowest BCUT2D eigenvalue weighted by Crippen LogP contribution is -2.47. The van der Waals surface area contributed by atoms with Crippen molar-refractivity contribution in [2.24, 2.45) is 0 Å². The molecule has 1 atom stereocenters. The lowest BCUT2D eigenvalue weighted by molar-refractivity contribution is 0.377. The summed E-state index contributed by atoms with van der Waals surface area (Å²) in [6.07, 6.45) is 3.70. The van der Waals surface area contributed by atoms with Crippen molar-refractivity contribution >= 4 is 22.2 Å². The van der Waals surface area contributed by atoms with Crippen LogP contribution in [0.1, 0.15) is 25.0 Å². The first-order valence-electron chi connectivity index (χ1n) is 9.01. The van der Waals surface area contributed by atoms with Gasteiger partial charge in [-0.1, -0.05) is 18.2 Å². The molecule has 24 heavy (non-hydrogen) atoms. The van der Waals surface area contributed by atoms with Crippen LogP contribution in [0.4, 0.5) is 10.8 Å². The van der Waals surface area contributed by atoms with Crippen LogP contribution >= 0.6 is 11.3 Å². The summed E-state index contributed by atoms with van der Waals surface area (Å²) < 4.78 is 0. The van der Waals surface area contributed by atoms with E-state index in [9.17, 15) is 0 Å². The van der Waals surface area contributed by atoms with Crippen molar-refractivity contribution < 1.29 is 0 Å². The van der Waals surface area contributed by atoms with E-state index >= 15 is 0 Å². The first kappa shape index (κ1) is 15.9. The van der Waals surface area contributed by atoms with Crippen LogP contribution in [0.15, 0.2) is 35.7 Å². The predicted octanol–water partition coefficient (Wildman–Crippen LogP) is 3.29. The Labute approximate surface area is 148 Å². The van der Waals surface area contributed by atoms with Gasteiger partial charge < -0.3 is 15.1 Å². The molecule has 4 rings (SSSR count). The number of benzene rings is 1. The summed E-state index contributed by atoms with van der Waals surface area (Å²) in [6.45, 7) is 6.63. The van der Waals surface area contributed by atoms with E-state index in [-0.39, 0.29) is 0 Å². The minimum Gasteiger partial charge on any atom is -0.370 e. The molecule has 2 aliphatic heterocycles. The quantitative estimate of drug-likeness (QED) is 0.924. The van der Waals surface area contributed by atoms with Crippen molar-refractivity contribution in [1.29, 1.82) is 0 Å². The molecule has 1 N–H and O–H groups in total. The van der Waals surface area contributed by atoms with E-state index in [1.54, 1.807) is 11.3 Å². The molecule has 2 aromatic rings. The fourth-order valence-corrected chi connectivity index (χ4v) is 4.68. The Hall–Kier alpha value is -1.59. The van der Waals surface area contributed by atoms with Gasteiger partial charge in [-0.15, -0.1) is 11.3 Å². The van der Waals surface area contributed by atoms with Crippen LogP contribution < -0.4 is 15.1 Å². The molecule has 0 amide bonds. The van der Waals surface area contributed by atoms with Crippen LogP contribution in [0.3, 0.4) is 0 Å². The van der Waals surface area contributed by atoms with Gasteiger partial charge in [-0.25, -0.2) is 4.98 Å². The molecule has 0 radical (unpaired) electrons. The second-order valence-electron chi connectivity index (χ2n) is 6.97. The summed E-state index contributed by atoms with van der Waals surface area (Å²) in [5.41, 5.74) is 2.50. The van der Waals surface area contributed by atoms with E-state index in [2.05, 4.69) is 62.7 Å². The average Bonchev–Trinajstić information content (AvgIpc) is 3.26. The average molecular weight is 343 g/mol. The number of para-hydroxylation sites is 1. The number of hydrogen-bond acceptors (Lipinski definition) is 5. The highest BCUT2D eigenvalue weighted by Crippen LogP contribution is 2.25. The van der Waals surface area contributed by atoms with Crippen molar-refractivity contribution in [2.75, 3.05) is 36.0 Å². The third-order valence-electron chi connectivity index (χ3n) is 5.15. The number of thiazole rings is 1. The minimum absolute atomic E-state index is 0.629. The van der Waals surface area contributed by atoms with Crippen LogP contribution in [-0.2, 0) is 0 Å². The Morgan fingerprint density at radius 3 is 2.42 bits per heavy atom. The number of hydrogen-bond donors (Lipinski definition) is 1. The zero-order chi connectivity index (χ0) is 16.4. The summed E-state index contributed by atoms with van der Waals surface area (Å²) in [5, 5.41) is 7.25. The van der Waals surface area contributed by atoms with E-state index in [0.717, 1.165) is 25.3 Å². The Bertz CT molecular complexity index is 648. The monoisotopic (exact) mass is 342 g/mol. The second-order valence-corrected chi connectivity index (χ2v) is 7.80. The molecule has 3 heterocycles. The Kier molecular flexibility index (Phi) is 4.72. The van der Waals surface area contributed by atoms with Gasteiger partial charge in [0.05, 0.1) is 5.69 Å². The highest BCUT2D eigenvalue weighted by molar-refractivity contribution is 7.13. The highest BCUT2D eigenvalue weighted by atomic mass is 32.1. The molecule has 128 valence electrons. The predicted molar refractivity (Wildman–Crippen MR) is 102 cm³/mol. The molecule has 0 bridgehead atoms. The van der Waals surface area contributed by atoms with Gasteiger partial charge >= 0.3 is 0 Å². The van der Waals surface area contributed by atoms with E-state index in [1.807, 2.05) is 0 Å². The van der Waals surface area contributed by atoms with Crippen molar-refractivity contribution in [2.45, 2.75) is 38.3 Å². The van der Waals surface area contributed by atoms with Gasteiger partial charge in [0, 0.05) is 49.3 Å². The van der Waals surface area contributed by atoms with Crippen molar-refractivity contribution in [3.05, 3.63) is 41.4 Å². The molecular formula is C19H26N4S. The lowest BCUT2D eigenvalue weighted by Gasteiger charge is -2.33. The number of piperidine rings is 1. The molecule has 0 unspecified atom stereocenters. The van der Waals surface area contributed by atoms with Crippen LogP contribution in [0.25, 0.3) is 0 Å². The fraction of sp³-hybridized carbons (Fsp3) is 0.526. The standard InChI is InChI=1S/C19H26N4S/c1-15-14-24-19(20-15)22-10-7-16(8-11-22)21-17-9-12-23(13-17)18-5-3-2-4-6-18/h2-6,14,16-17,21H,7-13H2,1H3/t17-/m1/s1. The smallest absolute Gasteiger partial charge is 0.185 e. The molecule has 0 aliphatic carbocycles.